The van der Waals surface area contributed by atoms with Crippen LogP contribution in [-0.4, -0.2) is 73.6 Å². The third-order valence-corrected chi connectivity index (χ3v) is 5.09. The minimum absolute atomic E-state index is 0.0855. The van der Waals surface area contributed by atoms with E-state index in [1.54, 1.807) is 6.07 Å². The number of hydrogen-bond donors (Lipinski definition) is 2. The summed E-state index contributed by atoms with van der Waals surface area (Å²) in [5.41, 5.74) is 0.525. The molecule has 0 bridgehead atoms. The van der Waals surface area contributed by atoms with Crippen molar-refractivity contribution < 1.29 is 24.1 Å². The largest absolute Gasteiger partial charge is 0.486 e. The number of fused-ring (bicyclic) bond motifs is 2. The van der Waals surface area contributed by atoms with Gasteiger partial charge in [0, 0.05) is 31.8 Å². The Balaban J connectivity index is 1.39. The summed E-state index contributed by atoms with van der Waals surface area (Å²) in [5, 5.41) is 12.2. The van der Waals surface area contributed by atoms with Crippen molar-refractivity contribution in [3.05, 3.63) is 23.8 Å². The number of rotatable bonds is 4. The molecule has 136 valence electrons. The molecule has 2 N–H and O–H groups in total. The first kappa shape index (κ1) is 16.6. The Morgan fingerprint density at radius 1 is 1.28 bits per heavy atom. The van der Waals surface area contributed by atoms with Gasteiger partial charge in [-0.1, -0.05) is 6.07 Å². The summed E-state index contributed by atoms with van der Waals surface area (Å²) < 4.78 is 17.0. The van der Waals surface area contributed by atoms with Crippen LogP contribution in [-0.2, 0) is 4.74 Å². The second kappa shape index (κ2) is 7.19. The lowest BCUT2D eigenvalue weighted by Gasteiger charge is -2.34. The topological polar surface area (TPSA) is 80.3 Å². The van der Waals surface area contributed by atoms with Gasteiger partial charge >= 0.3 is 0 Å². The van der Waals surface area contributed by atoms with Gasteiger partial charge in [0.2, 0.25) is 0 Å². The SMILES string of the molecule is O=C(N[C@H]1C[C@H]2CO[C@@H](CCO)CN2C1)c1cccc2c1OCCO2. The number of nitrogens with zero attached hydrogens (tertiary/aromatic N) is 1. The molecule has 0 spiro atoms. The molecule has 0 unspecified atom stereocenters. The number of amides is 1. The van der Waals surface area contributed by atoms with Gasteiger partial charge < -0.3 is 24.6 Å². The average Bonchev–Trinajstić information content (AvgIpc) is 3.03. The molecule has 4 rings (SSSR count). The van der Waals surface area contributed by atoms with Crippen molar-refractivity contribution in [3.8, 4) is 11.5 Å². The number of aliphatic hydroxyl groups is 1. The molecule has 1 amide bonds. The van der Waals surface area contributed by atoms with Crippen LogP contribution in [0, 0.1) is 0 Å². The zero-order chi connectivity index (χ0) is 17.2. The molecule has 0 aliphatic carbocycles. The highest BCUT2D eigenvalue weighted by atomic mass is 16.6. The Hall–Kier alpha value is -1.83. The van der Waals surface area contributed by atoms with Crippen LogP contribution in [0.25, 0.3) is 0 Å². The lowest BCUT2D eigenvalue weighted by molar-refractivity contribution is -0.0566. The Morgan fingerprint density at radius 3 is 3.04 bits per heavy atom. The van der Waals surface area contributed by atoms with Crippen LogP contribution < -0.4 is 14.8 Å². The second-order valence-corrected chi connectivity index (χ2v) is 6.81. The highest BCUT2D eigenvalue weighted by Crippen LogP contribution is 2.34. The molecule has 7 heteroatoms. The normalized spacial score (nSPS) is 28.4. The van der Waals surface area contributed by atoms with Crippen LogP contribution in [0.4, 0.5) is 0 Å². The van der Waals surface area contributed by atoms with E-state index in [2.05, 4.69) is 10.2 Å². The van der Waals surface area contributed by atoms with Crippen molar-refractivity contribution in [2.75, 3.05) is 39.5 Å². The van der Waals surface area contributed by atoms with Gasteiger partial charge in [-0.15, -0.1) is 0 Å². The zero-order valence-electron chi connectivity index (χ0n) is 14.1. The van der Waals surface area contributed by atoms with Gasteiger partial charge in [-0.3, -0.25) is 9.69 Å². The van der Waals surface area contributed by atoms with Gasteiger partial charge in [-0.2, -0.15) is 0 Å². The Morgan fingerprint density at radius 2 is 2.16 bits per heavy atom. The maximum atomic E-state index is 12.7. The fourth-order valence-corrected chi connectivity index (χ4v) is 3.88. The van der Waals surface area contributed by atoms with Gasteiger partial charge in [-0.25, -0.2) is 0 Å². The highest BCUT2D eigenvalue weighted by Gasteiger charge is 2.38. The summed E-state index contributed by atoms with van der Waals surface area (Å²) in [6, 6.07) is 5.83. The Kier molecular flexibility index (Phi) is 4.78. The number of hydrogen-bond acceptors (Lipinski definition) is 6. The Labute approximate surface area is 146 Å². The molecule has 0 radical (unpaired) electrons. The number of benzene rings is 1. The third-order valence-electron chi connectivity index (χ3n) is 5.09. The molecular formula is C18H24N2O5. The summed E-state index contributed by atoms with van der Waals surface area (Å²) in [4.78, 5) is 15.1. The molecule has 3 heterocycles. The maximum Gasteiger partial charge on any atom is 0.255 e. The fraction of sp³-hybridized carbons (Fsp3) is 0.611. The lowest BCUT2D eigenvalue weighted by atomic mass is 10.1. The minimum Gasteiger partial charge on any atom is -0.486 e. The van der Waals surface area contributed by atoms with Gasteiger partial charge in [0.05, 0.1) is 18.3 Å². The van der Waals surface area contributed by atoms with Crippen LogP contribution >= 0.6 is 0 Å². The van der Waals surface area contributed by atoms with Crippen LogP contribution in [0.1, 0.15) is 23.2 Å². The first-order valence-corrected chi connectivity index (χ1v) is 8.90. The predicted octanol–water partition coefficient (Wildman–Crippen LogP) is 0.412. The van der Waals surface area contributed by atoms with Crippen LogP contribution in [0.5, 0.6) is 11.5 Å². The quantitative estimate of drug-likeness (QED) is 0.821. The second-order valence-electron chi connectivity index (χ2n) is 6.81. The smallest absolute Gasteiger partial charge is 0.255 e. The van der Waals surface area contributed by atoms with Crippen LogP contribution in [0.2, 0.25) is 0 Å². The molecule has 0 aromatic heterocycles. The molecule has 1 aromatic carbocycles. The zero-order valence-corrected chi connectivity index (χ0v) is 14.1. The number of carbonyl (C=O) groups is 1. The minimum atomic E-state index is -0.125. The number of morpholine rings is 1. The summed E-state index contributed by atoms with van der Waals surface area (Å²) in [7, 11) is 0. The predicted molar refractivity (Wildman–Crippen MR) is 90.1 cm³/mol. The molecule has 1 aromatic rings. The van der Waals surface area contributed by atoms with Crippen molar-refractivity contribution in [1.82, 2.24) is 10.2 Å². The van der Waals surface area contributed by atoms with Crippen LogP contribution in [0.15, 0.2) is 18.2 Å². The Bertz CT molecular complexity index is 638. The van der Waals surface area contributed by atoms with Crippen molar-refractivity contribution in [1.29, 1.82) is 0 Å². The molecule has 3 aliphatic rings. The average molecular weight is 348 g/mol. The number of nitrogens with one attached hydrogen (secondary N) is 1. The van der Waals surface area contributed by atoms with Crippen molar-refractivity contribution in [2.45, 2.75) is 31.0 Å². The molecule has 25 heavy (non-hydrogen) atoms. The van der Waals surface area contributed by atoms with E-state index >= 15 is 0 Å². The molecule has 2 saturated heterocycles. The van der Waals surface area contributed by atoms with E-state index in [0.29, 0.717) is 49.3 Å². The third kappa shape index (κ3) is 3.44. The maximum absolute atomic E-state index is 12.7. The molecule has 7 nitrogen and oxygen atoms in total. The van der Waals surface area contributed by atoms with E-state index in [1.165, 1.54) is 0 Å². The molecular weight excluding hydrogens is 324 g/mol. The van der Waals surface area contributed by atoms with E-state index < -0.39 is 0 Å². The summed E-state index contributed by atoms with van der Waals surface area (Å²) in [6.07, 6.45) is 1.62. The fourth-order valence-electron chi connectivity index (χ4n) is 3.88. The number of carbonyl (C=O) groups excluding carboxylic acids is 1. The highest BCUT2D eigenvalue weighted by molar-refractivity contribution is 5.98. The van der Waals surface area contributed by atoms with Crippen LogP contribution in [0.3, 0.4) is 0 Å². The van der Waals surface area contributed by atoms with Crippen molar-refractivity contribution >= 4 is 5.91 Å². The van der Waals surface area contributed by atoms with Gasteiger partial charge in [0.25, 0.3) is 5.91 Å². The number of aliphatic hydroxyl groups excluding tert-OH is 1. The number of para-hydroxylation sites is 1. The monoisotopic (exact) mass is 348 g/mol. The molecule has 3 atom stereocenters. The van der Waals surface area contributed by atoms with Gasteiger partial charge in [0.15, 0.2) is 11.5 Å². The summed E-state index contributed by atoms with van der Waals surface area (Å²) in [5.74, 6) is 1.04. The molecule has 3 aliphatic heterocycles. The lowest BCUT2D eigenvalue weighted by Crippen LogP contribution is -2.46. The molecule has 2 fully saturated rings. The standard InChI is InChI=1S/C18H24N2O5/c21-5-4-14-10-20-9-12(8-13(20)11-25-14)19-18(22)15-2-1-3-16-17(15)24-7-6-23-16/h1-3,12-14,21H,4-11H2,(H,19,22)/t12-,13-,14-/m0/s1. The van der Waals surface area contributed by atoms with E-state index in [-0.39, 0.29) is 24.7 Å². The van der Waals surface area contributed by atoms with Crippen molar-refractivity contribution in [2.24, 2.45) is 0 Å². The van der Waals surface area contributed by atoms with E-state index in [9.17, 15) is 4.79 Å². The first-order valence-electron chi connectivity index (χ1n) is 8.90. The van der Waals surface area contributed by atoms with Gasteiger partial charge in [-0.05, 0) is 25.0 Å². The van der Waals surface area contributed by atoms with E-state index in [0.717, 1.165) is 19.5 Å². The summed E-state index contributed by atoms with van der Waals surface area (Å²) in [6.45, 7) is 3.40. The van der Waals surface area contributed by atoms with Gasteiger partial charge in [0.1, 0.15) is 13.2 Å². The first-order chi connectivity index (χ1) is 12.2. The van der Waals surface area contributed by atoms with E-state index in [4.69, 9.17) is 19.3 Å². The summed E-state index contributed by atoms with van der Waals surface area (Å²) >= 11 is 0. The van der Waals surface area contributed by atoms with E-state index in [1.807, 2.05) is 12.1 Å². The molecule has 0 saturated carbocycles. The van der Waals surface area contributed by atoms with Crippen molar-refractivity contribution in [3.63, 3.8) is 0 Å². The number of ether oxygens (including phenoxy) is 3.